The van der Waals surface area contributed by atoms with Crippen LogP contribution in [-0.2, 0) is 4.79 Å². The summed E-state index contributed by atoms with van der Waals surface area (Å²) in [6.07, 6.45) is 0. The second-order valence-electron chi connectivity index (χ2n) is 3.68. The number of carboxylic acid groups (broad SMARTS) is 1. The van der Waals surface area contributed by atoms with E-state index in [1.165, 1.54) is 11.8 Å². The van der Waals surface area contributed by atoms with Crippen LogP contribution in [0.4, 0.5) is 0 Å². The molecule has 0 saturated carbocycles. The molecule has 0 aliphatic heterocycles. The van der Waals surface area contributed by atoms with Crippen LogP contribution in [0.5, 0.6) is 0 Å². The molecule has 0 saturated heterocycles. The Hall–Kier alpha value is -1.49. The van der Waals surface area contributed by atoms with Crippen molar-refractivity contribution in [2.24, 2.45) is 0 Å². The SMILES string of the molecule is CCN(CC)C(=O)CSc1ccc(C(=O)O)cc1. The molecule has 1 amide bonds. The van der Waals surface area contributed by atoms with E-state index in [9.17, 15) is 9.59 Å². The van der Waals surface area contributed by atoms with Crippen molar-refractivity contribution in [3.63, 3.8) is 0 Å². The molecule has 0 aromatic heterocycles. The summed E-state index contributed by atoms with van der Waals surface area (Å²) in [6.45, 7) is 5.34. The van der Waals surface area contributed by atoms with Crippen LogP contribution in [0.1, 0.15) is 24.2 Å². The van der Waals surface area contributed by atoms with Crippen molar-refractivity contribution in [2.75, 3.05) is 18.8 Å². The normalized spacial score (nSPS) is 10.1. The minimum Gasteiger partial charge on any atom is -0.478 e. The van der Waals surface area contributed by atoms with Gasteiger partial charge in [-0.15, -0.1) is 11.8 Å². The molecule has 0 unspecified atom stereocenters. The molecular formula is C13H17NO3S. The van der Waals surface area contributed by atoms with Crippen LogP contribution in [0.3, 0.4) is 0 Å². The van der Waals surface area contributed by atoms with Crippen molar-refractivity contribution < 1.29 is 14.7 Å². The first-order chi connectivity index (χ1) is 8.58. The minimum absolute atomic E-state index is 0.104. The van der Waals surface area contributed by atoms with Crippen LogP contribution >= 0.6 is 11.8 Å². The molecule has 0 aliphatic rings. The number of thioether (sulfide) groups is 1. The predicted molar refractivity (Wildman–Crippen MR) is 72.1 cm³/mol. The molecule has 0 radical (unpaired) electrons. The summed E-state index contributed by atoms with van der Waals surface area (Å²) in [5.41, 5.74) is 0.259. The number of carbonyl (C=O) groups is 2. The number of nitrogens with zero attached hydrogens (tertiary/aromatic N) is 1. The lowest BCUT2D eigenvalue weighted by Gasteiger charge is -2.18. The number of rotatable bonds is 6. The highest BCUT2D eigenvalue weighted by molar-refractivity contribution is 8.00. The second kappa shape index (κ2) is 7.06. The van der Waals surface area contributed by atoms with Crippen molar-refractivity contribution >= 4 is 23.6 Å². The average Bonchev–Trinajstić information content (AvgIpc) is 2.38. The lowest BCUT2D eigenvalue weighted by atomic mass is 10.2. The number of carboxylic acids is 1. The highest BCUT2D eigenvalue weighted by atomic mass is 32.2. The molecule has 1 aromatic carbocycles. The van der Waals surface area contributed by atoms with Crippen molar-refractivity contribution in [3.8, 4) is 0 Å². The van der Waals surface area contributed by atoms with Gasteiger partial charge in [-0.3, -0.25) is 4.79 Å². The van der Waals surface area contributed by atoms with Gasteiger partial charge in [-0.2, -0.15) is 0 Å². The average molecular weight is 267 g/mol. The topological polar surface area (TPSA) is 57.6 Å². The fraction of sp³-hybridized carbons (Fsp3) is 0.385. The third-order valence-electron chi connectivity index (χ3n) is 2.58. The Bertz CT molecular complexity index is 413. The molecule has 0 spiro atoms. The zero-order valence-corrected chi connectivity index (χ0v) is 11.4. The van der Waals surface area contributed by atoms with Gasteiger partial charge in [-0.25, -0.2) is 4.79 Å². The third kappa shape index (κ3) is 4.07. The standard InChI is InChI=1S/C13H17NO3S/c1-3-14(4-2)12(15)9-18-11-7-5-10(6-8-11)13(16)17/h5-8H,3-4,9H2,1-2H3,(H,16,17). The summed E-state index contributed by atoms with van der Waals surface area (Å²) in [4.78, 5) is 25.1. The Morgan fingerprint density at radius 3 is 2.17 bits per heavy atom. The molecule has 0 fully saturated rings. The highest BCUT2D eigenvalue weighted by Crippen LogP contribution is 2.18. The number of hydrogen-bond acceptors (Lipinski definition) is 3. The van der Waals surface area contributed by atoms with Gasteiger partial charge in [0.1, 0.15) is 0 Å². The highest BCUT2D eigenvalue weighted by Gasteiger charge is 2.10. The first kappa shape index (κ1) is 14.6. The molecule has 0 atom stereocenters. The van der Waals surface area contributed by atoms with E-state index in [2.05, 4.69) is 0 Å². The smallest absolute Gasteiger partial charge is 0.335 e. The third-order valence-corrected chi connectivity index (χ3v) is 3.58. The molecule has 1 rings (SSSR count). The van der Waals surface area contributed by atoms with Gasteiger partial charge in [0.25, 0.3) is 0 Å². The zero-order chi connectivity index (χ0) is 13.5. The van der Waals surface area contributed by atoms with Gasteiger partial charge < -0.3 is 10.0 Å². The van der Waals surface area contributed by atoms with E-state index in [1.807, 2.05) is 13.8 Å². The molecule has 0 heterocycles. The predicted octanol–water partition coefficient (Wildman–Crippen LogP) is 2.35. The van der Waals surface area contributed by atoms with Crippen molar-refractivity contribution in [1.82, 2.24) is 4.90 Å². The summed E-state index contributed by atoms with van der Waals surface area (Å²) in [5, 5.41) is 8.76. The molecule has 0 aliphatic carbocycles. The van der Waals surface area contributed by atoms with Gasteiger partial charge in [-0.1, -0.05) is 0 Å². The van der Waals surface area contributed by atoms with Crippen molar-refractivity contribution in [2.45, 2.75) is 18.7 Å². The number of benzene rings is 1. The number of amides is 1. The quantitative estimate of drug-likeness (QED) is 0.804. The van der Waals surface area contributed by atoms with Gasteiger partial charge in [0.05, 0.1) is 11.3 Å². The maximum atomic E-state index is 11.8. The van der Waals surface area contributed by atoms with E-state index in [-0.39, 0.29) is 11.5 Å². The van der Waals surface area contributed by atoms with E-state index in [4.69, 9.17) is 5.11 Å². The molecular weight excluding hydrogens is 250 g/mol. The lowest BCUT2D eigenvalue weighted by molar-refractivity contribution is -0.127. The van der Waals surface area contributed by atoms with E-state index in [1.54, 1.807) is 29.2 Å². The van der Waals surface area contributed by atoms with E-state index >= 15 is 0 Å². The van der Waals surface area contributed by atoms with E-state index in [0.29, 0.717) is 18.8 Å². The Balaban J connectivity index is 2.53. The lowest BCUT2D eigenvalue weighted by Crippen LogP contribution is -2.31. The molecule has 1 aromatic rings. The van der Waals surface area contributed by atoms with Crippen LogP contribution in [0.15, 0.2) is 29.2 Å². The summed E-state index contributed by atoms with van der Waals surface area (Å²) < 4.78 is 0. The van der Waals surface area contributed by atoms with Gasteiger partial charge in [-0.05, 0) is 38.1 Å². The fourth-order valence-corrected chi connectivity index (χ4v) is 2.31. The Morgan fingerprint density at radius 1 is 1.17 bits per heavy atom. The number of aromatic carboxylic acids is 1. The maximum absolute atomic E-state index is 11.8. The van der Waals surface area contributed by atoms with Crippen molar-refractivity contribution in [3.05, 3.63) is 29.8 Å². The summed E-state index contributed by atoms with van der Waals surface area (Å²) in [5.74, 6) is -0.452. The Labute approximate surface area is 111 Å². The van der Waals surface area contributed by atoms with Gasteiger partial charge in [0, 0.05) is 18.0 Å². The molecule has 98 valence electrons. The van der Waals surface area contributed by atoms with Crippen LogP contribution in [-0.4, -0.2) is 40.7 Å². The van der Waals surface area contributed by atoms with Crippen LogP contribution in [0.2, 0.25) is 0 Å². The van der Waals surface area contributed by atoms with Crippen LogP contribution in [0, 0.1) is 0 Å². The zero-order valence-electron chi connectivity index (χ0n) is 10.5. The van der Waals surface area contributed by atoms with Crippen molar-refractivity contribution in [1.29, 1.82) is 0 Å². The fourth-order valence-electron chi connectivity index (χ4n) is 1.51. The van der Waals surface area contributed by atoms with Crippen LogP contribution < -0.4 is 0 Å². The first-order valence-corrected chi connectivity index (χ1v) is 6.81. The van der Waals surface area contributed by atoms with Gasteiger partial charge >= 0.3 is 5.97 Å². The number of carbonyl (C=O) groups excluding carboxylic acids is 1. The maximum Gasteiger partial charge on any atom is 0.335 e. The van der Waals surface area contributed by atoms with Gasteiger partial charge in [0.15, 0.2) is 0 Å². The van der Waals surface area contributed by atoms with Crippen LogP contribution in [0.25, 0.3) is 0 Å². The monoisotopic (exact) mass is 267 g/mol. The summed E-state index contributed by atoms with van der Waals surface area (Å²) >= 11 is 1.42. The molecule has 4 nitrogen and oxygen atoms in total. The van der Waals surface area contributed by atoms with E-state index < -0.39 is 5.97 Å². The van der Waals surface area contributed by atoms with E-state index in [0.717, 1.165) is 4.90 Å². The first-order valence-electron chi connectivity index (χ1n) is 5.82. The number of hydrogen-bond donors (Lipinski definition) is 1. The largest absolute Gasteiger partial charge is 0.478 e. The van der Waals surface area contributed by atoms with Gasteiger partial charge in [0.2, 0.25) is 5.91 Å². The minimum atomic E-state index is -0.939. The Morgan fingerprint density at radius 2 is 1.72 bits per heavy atom. The molecule has 0 bridgehead atoms. The Kier molecular flexibility index (Phi) is 5.71. The molecule has 18 heavy (non-hydrogen) atoms. The molecule has 1 N–H and O–H groups in total. The summed E-state index contributed by atoms with van der Waals surface area (Å²) in [6, 6.07) is 6.55. The molecule has 5 heteroatoms. The summed E-state index contributed by atoms with van der Waals surface area (Å²) in [7, 11) is 0. The second-order valence-corrected chi connectivity index (χ2v) is 4.73.